The van der Waals surface area contributed by atoms with Crippen LogP contribution >= 0.6 is 0 Å². The zero-order valence-electron chi connectivity index (χ0n) is 14.7. The first-order chi connectivity index (χ1) is 14.4. The number of rotatable bonds is 4. The molecule has 15 heteroatoms. The van der Waals surface area contributed by atoms with Crippen LogP contribution in [0, 0.1) is 0 Å². The zero-order chi connectivity index (χ0) is 22.7. The minimum Gasteiger partial charge on any atom is -0.476 e. The molecular formula is C16H7F3N4O7S. The van der Waals surface area contributed by atoms with Crippen molar-refractivity contribution < 1.29 is 45.4 Å². The number of hydrogen-bond donors (Lipinski definition) is 1. The number of carboxylic acid groups (broad SMARTS) is 1. The molecule has 0 saturated carbocycles. The number of aromatic nitrogens is 3. The summed E-state index contributed by atoms with van der Waals surface area (Å²) in [4.78, 5) is 36.2. The molecule has 31 heavy (non-hydrogen) atoms. The molecule has 1 aliphatic heterocycles. The fraction of sp³-hybridized carbons (Fsp3) is 0.0625. The number of nitrogens with zero attached hydrogens (tertiary/aromatic N) is 4. The number of halogens is 3. The van der Waals surface area contributed by atoms with E-state index in [0.717, 1.165) is 16.9 Å². The summed E-state index contributed by atoms with van der Waals surface area (Å²) in [6.07, 6.45) is 1.01. The van der Waals surface area contributed by atoms with Crippen molar-refractivity contribution in [2.75, 3.05) is 0 Å². The minimum atomic E-state index is -6.31. The van der Waals surface area contributed by atoms with Gasteiger partial charge in [-0.1, -0.05) is 17.3 Å². The third-order valence-corrected chi connectivity index (χ3v) is 5.14. The highest BCUT2D eigenvalue weighted by Gasteiger charge is 2.51. The quantitative estimate of drug-likeness (QED) is 0.455. The standard InChI is InChI=1S/C16H7F3N4O7S/c17-16(18,19)31(28,29)30-23-13(24)9-3-1-2-7-4-8(5-10(12(7)9)14(23)25)22-6-11(15(26)27)20-21-22/h1-6H,(H,26,27). The molecule has 2 aromatic carbocycles. The van der Waals surface area contributed by atoms with Gasteiger partial charge in [-0.05, 0) is 23.6 Å². The molecule has 0 saturated heterocycles. The first-order valence-corrected chi connectivity index (χ1v) is 9.44. The van der Waals surface area contributed by atoms with E-state index in [1.807, 2.05) is 0 Å². The van der Waals surface area contributed by atoms with Crippen molar-refractivity contribution in [3.05, 3.63) is 53.3 Å². The van der Waals surface area contributed by atoms with Gasteiger partial charge in [0.15, 0.2) is 5.69 Å². The van der Waals surface area contributed by atoms with Crippen LogP contribution in [0.25, 0.3) is 16.5 Å². The van der Waals surface area contributed by atoms with Gasteiger partial charge >= 0.3 is 21.6 Å². The molecule has 160 valence electrons. The predicted molar refractivity (Wildman–Crippen MR) is 92.4 cm³/mol. The first kappa shape index (κ1) is 20.4. The van der Waals surface area contributed by atoms with Crippen LogP contribution in [-0.2, 0) is 14.4 Å². The van der Waals surface area contributed by atoms with Crippen molar-refractivity contribution in [2.24, 2.45) is 0 Å². The molecule has 0 atom stereocenters. The minimum absolute atomic E-state index is 0.0454. The maximum absolute atomic E-state index is 12.7. The topological polar surface area (TPSA) is 149 Å². The molecule has 4 rings (SSSR count). The van der Waals surface area contributed by atoms with Gasteiger partial charge in [-0.3, -0.25) is 9.59 Å². The number of carbonyl (C=O) groups is 3. The predicted octanol–water partition coefficient (Wildman–Crippen LogP) is 1.50. The normalized spacial score (nSPS) is 14.4. The smallest absolute Gasteiger partial charge is 0.476 e. The van der Waals surface area contributed by atoms with Crippen LogP contribution in [0.2, 0.25) is 0 Å². The van der Waals surface area contributed by atoms with Gasteiger partial charge in [-0.25, -0.2) is 9.48 Å². The third-order valence-electron chi connectivity index (χ3n) is 4.22. The van der Waals surface area contributed by atoms with Crippen LogP contribution in [0.5, 0.6) is 0 Å². The van der Waals surface area contributed by atoms with Crippen LogP contribution in [0.15, 0.2) is 36.5 Å². The molecule has 0 radical (unpaired) electrons. The van der Waals surface area contributed by atoms with Gasteiger partial charge in [0.05, 0.1) is 23.0 Å². The summed E-state index contributed by atoms with van der Waals surface area (Å²) < 4.78 is 65.6. The number of carboxylic acids is 1. The molecule has 0 aliphatic carbocycles. The molecule has 2 heterocycles. The highest BCUT2D eigenvalue weighted by Crippen LogP contribution is 2.34. The number of hydrogen-bond acceptors (Lipinski definition) is 8. The highest BCUT2D eigenvalue weighted by atomic mass is 32.2. The fourth-order valence-electron chi connectivity index (χ4n) is 2.90. The monoisotopic (exact) mass is 456 g/mol. The molecule has 0 spiro atoms. The lowest BCUT2D eigenvalue weighted by atomic mass is 9.94. The first-order valence-electron chi connectivity index (χ1n) is 8.03. The molecule has 2 amide bonds. The van der Waals surface area contributed by atoms with Crippen molar-refractivity contribution in [2.45, 2.75) is 5.51 Å². The van der Waals surface area contributed by atoms with Crippen molar-refractivity contribution in [1.82, 2.24) is 20.1 Å². The molecule has 0 fully saturated rings. The van der Waals surface area contributed by atoms with Crippen LogP contribution in [0.4, 0.5) is 13.2 Å². The van der Waals surface area contributed by atoms with Crippen molar-refractivity contribution in [3.63, 3.8) is 0 Å². The van der Waals surface area contributed by atoms with Crippen molar-refractivity contribution in [3.8, 4) is 5.69 Å². The molecule has 0 bridgehead atoms. The second-order valence-corrected chi connectivity index (χ2v) is 7.65. The highest BCUT2D eigenvalue weighted by molar-refractivity contribution is 7.87. The molecule has 1 N–H and O–H groups in total. The number of imide groups is 1. The second kappa shape index (κ2) is 6.58. The summed E-state index contributed by atoms with van der Waals surface area (Å²) in [5.74, 6) is -4.26. The average Bonchev–Trinajstić information content (AvgIpc) is 3.18. The molecule has 0 unspecified atom stereocenters. The van der Waals surface area contributed by atoms with Crippen LogP contribution in [0.1, 0.15) is 31.2 Å². The van der Waals surface area contributed by atoms with E-state index >= 15 is 0 Å². The Balaban J connectivity index is 1.88. The lowest BCUT2D eigenvalue weighted by Crippen LogP contribution is -2.44. The lowest BCUT2D eigenvalue weighted by molar-refractivity contribution is -0.0761. The lowest BCUT2D eigenvalue weighted by Gasteiger charge is -2.26. The number of alkyl halides is 3. The van der Waals surface area contributed by atoms with E-state index in [4.69, 9.17) is 5.11 Å². The number of benzene rings is 2. The Hall–Kier alpha value is -3.85. The fourth-order valence-corrected chi connectivity index (χ4v) is 3.31. The summed E-state index contributed by atoms with van der Waals surface area (Å²) in [7, 11) is -6.31. The summed E-state index contributed by atoms with van der Waals surface area (Å²) >= 11 is 0. The van der Waals surface area contributed by atoms with E-state index in [2.05, 4.69) is 14.6 Å². The van der Waals surface area contributed by atoms with E-state index < -0.39 is 44.2 Å². The Kier molecular flexibility index (Phi) is 4.33. The van der Waals surface area contributed by atoms with Gasteiger partial charge in [0, 0.05) is 5.39 Å². The van der Waals surface area contributed by atoms with Gasteiger partial charge in [-0.15, -0.1) is 14.4 Å². The Morgan fingerprint density at radius 3 is 2.39 bits per heavy atom. The summed E-state index contributed by atoms with van der Waals surface area (Å²) in [6.45, 7) is 0. The largest absolute Gasteiger partial charge is 0.525 e. The summed E-state index contributed by atoms with van der Waals surface area (Å²) in [5, 5.41) is 15.8. The Morgan fingerprint density at radius 2 is 1.77 bits per heavy atom. The molecular weight excluding hydrogens is 449 g/mol. The number of hydroxylamine groups is 2. The zero-order valence-corrected chi connectivity index (χ0v) is 15.5. The molecule has 3 aromatic rings. The van der Waals surface area contributed by atoms with E-state index in [-0.39, 0.29) is 27.6 Å². The third kappa shape index (κ3) is 3.19. The van der Waals surface area contributed by atoms with E-state index in [1.54, 1.807) is 0 Å². The van der Waals surface area contributed by atoms with Gasteiger partial charge in [0.2, 0.25) is 0 Å². The molecule has 1 aliphatic rings. The second-order valence-electron chi connectivity index (χ2n) is 6.13. The van der Waals surface area contributed by atoms with Crippen molar-refractivity contribution >= 4 is 38.7 Å². The molecule has 11 nitrogen and oxygen atoms in total. The van der Waals surface area contributed by atoms with Gasteiger partial charge in [0.1, 0.15) is 0 Å². The number of aromatic carboxylic acids is 1. The van der Waals surface area contributed by atoms with Gasteiger partial charge < -0.3 is 5.11 Å². The number of amides is 2. The van der Waals surface area contributed by atoms with E-state index in [0.29, 0.717) is 0 Å². The maximum Gasteiger partial charge on any atom is 0.525 e. The van der Waals surface area contributed by atoms with E-state index in [9.17, 15) is 36.0 Å². The van der Waals surface area contributed by atoms with Crippen LogP contribution in [0.3, 0.4) is 0 Å². The Bertz CT molecular complexity index is 1400. The van der Waals surface area contributed by atoms with Crippen molar-refractivity contribution in [1.29, 1.82) is 0 Å². The summed E-state index contributed by atoms with van der Waals surface area (Å²) in [5.41, 5.74) is -6.88. The van der Waals surface area contributed by atoms with Crippen LogP contribution in [-0.4, -0.2) is 56.9 Å². The van der Waals surface area contributed by atoms with Crippen LogP contribution < -0.4 is 0 Å². The van der Waals surface area contributed by atoms with Gasteiger partial charge in [-0.2, -0.15) is 21.6 Å². The SMILES string of the molecule is O=C(O)c1cn(-c2cc3c4c(cccc4c2)C(=O)N(OS(=O)(=O)C(F)(F)F)C3=O)nn1. The Labute approximate surface area is 169 Å². The number of carbonyl (C=O) groups excluding carboxylic acids is 2. The Morgan fingerprint density at radius 1 is 1.10 bits per heavy atom. The molecule has 1 aromatic heterocycles. The maximum atomic E-state index is 12.7. The average molecular weight is 456 g/mol. The van der Waals surface area contributed by atoms with E-state index in [1.165, 1.54) is 24.3 Å². The van der Waals surface area contributed by atoms with Gasteiger partial charge in [0.25, 0.3) is 11.8 Å². The summed E-state index contributed by atoms with van der Waals surface area (Å²) in [6, 6.07) is 6.50.